The van der Waals surface area contributed by atoms with Crippen molar-refractivity contribution >= 4 is 45.0 Å². The quantitative estimate of drug-likeness (QED) is 0.501. The van der Waals surface area contributed by atoms with Crippen LogP contribution in [0.3, 0.4) is 0 Å². The summed E-state index contributed by atoms with van der Waals surface area (Å²) in [6.45, 7) is 1.60. The van der Waals surface area contributed by atoms with Crippen molar-refractivity contribution < 1.29 is 18.8 Å². The maximum Gasteiger partial charge on any atom is 0.289 e. The van der Waals surface area contributed by atoms with Crippen LogP contribution in [0.1, 0.15) is 31.4 Å². The van der Waals surface area contributed by atoms with E-state index in [0.29, 0.717) is 43.1 Å². The highest BCUT2D eigenvalue weighted by molar-refractivity contribution is 7.13. The maximum absolute atomic E-state index is 13.2. The van der Waals surface area contributed by atoms with Gasteiger partial charge in [0.2, 0.25) is 0 Å². The summed E-state index contributed by atoms with van der Waals surface area (Å²) in [7, 11) is 0. The molecule has 0 radical (unpaired) electrons. The average Bonchev–Trinajstić information content (AvgIpc) is 3.54. The molecule has 166 valence electrons. The molecule has 0 aliphatic carbocycles. The Hall–Kier alpha value is -3.98. The van der Waals surface area contributed by atoms with Crippen LogP contribution in [0.15, 0.2) is 71.3 Å². The number of furan rings is 1. The molecule has 0 saturated carbocycles. The molecule has 1 fully saturated rings. The van der Waals surface area contributed by atoms with Gasteiger partial charge in [-0.3, -0.25) is 14.4 Å². The normalized spacial score (nSPS) is 13.8. The SMILES string of the molecule is O=C(Nc1ccccc1C(=O)N1CCN(C(=O)c2ccco2)CC1)c1nsc2ccccc12. The molecule has 1 saturated heterocycles. The number of amides is 3. The van der Waals surface area contributed by atoms with Crippen molar-refractivity contribution in [1.82, 2.24) is 14.2 Å². The smallest absolute Gasteiger partial charge is 0.289 e. The first-order valence-corrected chi connectivity index (χ1v) is 11.3. The van der Waals surface area contributed by atoms with Gasteiger partial charge in [0.1, 0.15) is 5.69 Å². The van der Waals surface area contributed by atoms with Crippen LogP contribution in [0.4, 0.5) is 5.69 Å². The van der Waals surface area contributed by atoms with Gasteiger partial charge in [0.25, 0.3) is 17.7 Å². The van der Waals surface area contributed by atoms with Crippen LogP contribution in [0.2, 0.25) is 0 Å². The lowest BCUT2D eigenvalue weighted by Crippen LogP contribution is -2.50. The summed E-state index contributed by atoms with van der Waals surface area (Å²) >= 11 is 1.26. The summed E-state index contributed by atoms with van der Waals surface area (Å²) in [5.74, 6) is -0.451. The van der Waals surface area contributed by atoms with Gasteiger partial charge in [-0.25, -0.2) is 0 Å². The van der Waals surface area contributed by atoms with E-state index in [9.17, 15) is 14.4 Å². The zero-order valence-corrected chi connectivity index (χ0v) is 18.4. The van der Waals surface area contributed by atoms with Crippen LogP contribution in [-0.2, 0) is 0 Å². The van der Waals surface area contributed by atoms with Crippen molar-refractivity contribution in [2.24, 2.45) is 0 Å². The van der Waals surface area contributed by atoms with Crippen LogP contribution in [0.5, 0.6) is 0 Å². The number of piperazine rings is 1. The fourth-order valence-corrected chi connectivity index (χ4v) is 4.62. The van der Waals surface area contributed by atoms with Crippen molar-refractivity contribution in [2.75, 3.05) is 31.5 Å². The minimum absolute atomic E-state index is 0.185. The lowest BCUT2D eigenvalue weighted by atomic mass is 10.1. The zero-order chi connectivity index (χ0) is 22.8. The van der Waals surface area contributed by atoms with Crippen LogP contribution >= 0.6 is 11.5 Å². The van der Waals surface area contributed by atoms with Crippen LogP contribution < -0.4 is 5.32 Å². The highest BCUT2D eigenvalue weighted by atomic mass is 32.1. The van der Waals surface area contributed by atoms with Crippen molar-refractivity contribution in [3.8, 4) is 0 Å². The van der Waals surface area contributed by atoms with E-state index >= 15 is 0 Å². The van der Waals surface area contributed by atoms with Gasteiger partial charge in [-0.05, 0) is 41.9 Å². The van der Waals surface area contributed by atoms with E-state index in [-0.39, 0.29) is 23.5 Å². The molecule has 8 nitrogen and oxygen atoms in total. The number of benzene rings is 2. The van der Waals surface area contributed by atoms with Crippen molar-refractivity contribution in [2.45, 2.75) is 0 Å². The first-order valence-electron chi connectivity index (χ1n) is 10.5. The van der Waals surface area contributed by atoms with Gasteiger partial charge in [0.15, 0.2) is 5.76 Å². The average molecular weight is 461 g/mol. The lowest BCUT2D eigenvalue weighted by molar-refractivity contribution is 0.0518. The molecule has 0 spiro atoms. The van der Waals surface area contributed by atoms with E-state index in [1.165, 1.54) is 17.8 Å². The van der Waals surface area contributed by atoms with Gasteiger partial charge in [0.05, 0.1) is 22.2 Å². The molecule has 1 N–H and O–H groups in total. The predicted octanol–water partition coefficient (Wildman–Crippen LogP) is 3.74. The molecule has 2 aromatic carbocycles. The Morgan fingerprint density at radius 2 is 1.55 bits per heavy atom. The summed E-state index contributed by atoms with van der Waals surface area (Å²) in [6.07, 6.45) is 1.46. The second-order valence-electron chi connectivity index (χ2n) is 7.59. The number of nitrogens with zero attached hydrogens (tertiary/aromatic N) is 3. The third kappa shape index (κ3) is 4.10. The van der Waals surface area contributed by atoms with Crippen LogP contribution in [0, 0.1) is 0 Å². The fourth-order valence-electron chi connectivity index (χ4n) is 3.85. The van der Waals surface area contributed by atoms with Gasteiger partial charge in [-0.1, -0.05) is 30.3 Å². The van der Waals surface area contributed by atoms with Crippen molar-refractivity contribution in [3.05, 3.63) is 83.9 Å². The third-order valence-corrected chi connectivity index (χ3v) is 6.41. The number of hydrogen-bond donors (Lipinski definition) is 1. The maximum atomic E-state index is 13.2. The van der Waals surface area contributed by atoms with E-state index in [4.69, 9.17) is 4.42 Å². The molecule has 1 aliphatic heterocycles. The lowest BCUT2D eigenvalue weighted by Gasteiger charge is -2.34. The Labute approximate surface area is 193 Å². The van der Waals surface area contributed by atoms with E-state index < -0.39 is 0 Å². The van der Waals surface area contributed by atoms with E-state index in [2.05, 4.69) is 9.69 Å². The van der Waals surface area contributed by atoms with Gasteiger partial charge in [-0.15, -0.1) is 0 Å². The summed E-state index contributed by atoms with van der Waals surface area (Å²) in [4.78, 5) is 42.0. The number of fused-ring (bicyclic) bond motifs is 1. The topological polar surface area (TPSA) is 95.8 Å². The number of rotatable bonds is 4. The number of para-hydroxylation sites is 1. The summed E-state index contributed by atoms with van der Waals surface area (Å²) in [5.41, 5.74) is 1.16. The fraction of sp³-hybridized carbons (Fsp3) is 0.167. The molecule has 1 aliphatic rings. The molecule has 9 heteroatoms. The number of carbonyl (C=O) groups is 3. The number of anilines is 1. The Morgan fingerprint density at radius 3 is 2.30 bits per heavy atom. The number of carbonyl (C=O) groups excluding carboxylic acids is 3. The zero-order valence-electron chi connectivity index (χ0n) is 17.6. The first kappa shape index (κ1) is 20.9. The number of hydrogen-bond acceptors (Lipinski definition) is 6. The molecular formula is C24H20N4O4S. The van der Waals surface area contributed by atoms with Crippen LogP contribution in [-0.4, -0.2) is 58.1 Å². The summed E-state index contributed by atoms with van der Waals surface area (Å²) in [5, 5.41) is 3.63. The monoisotopic (exact) mass is 460 g/mol. The molecule has 33 heavy (non-hydrogen) atoms. The van der Waals surface area contributed by atoms with E-state index in [1.54, 1.807) is 46.2 Å². The largest absolute Gasteiger partial charge is 0.459 e. The second-order valence-corrected chi connectivity index (χ2v) is 8.39. The Kier molecular flexibility index (Phi) is 5.62. The van der Waals surface area contributed by atoms with E-state index in [1.807, 2.05) is 24.3 Å². The molecule has 5 rings (SSSR count). The molecule has 0 atom stereocenters. The minimum Gasteiger partial charge on any atom is -0.459 e. The number of aromatic nitrogens is 1. The summed E-state index contributed by atoms with van der Waals surface area (Å²) in [6, 6.07) is 17.8. The van der Waals surface area contributed by atoms with Gasteiger partial charge >= 0.3 is 0 Å². The molecule has 3 amide bonds. The van der Waals surface area contributed by atoms with Crippen molar-refractivity contribution in [3.63, 3.8) is 0 Å². The minimum atomic E-state index is -0.360. The van der Waals surface area contributed by atoms with E-state index in [0.717, 1.165) is 10.1 Å². The molecule has 3 heterocycles. The second kappa shape index (κ2) is 8.87. The predicted molar refractivity (Wildman–Crippen MR) is 125 cm³/mol. The Balaban J connectivity index is 1.29. The highest BCUT2D eigenvalue weighted by Crippen LogP contribution is 2.25. The van der Waals surface area contributed by atoms with Crippen LogP contribution in [0.25, 0.3) is 10.1 Å². The summed E-state index contributed by atoms with van der Waals surface area (Å²) < 4.78 is 10.4. The molecule has 0 bridgehead atoms. The molecular weight excluding hydrogens is 440 g/mol. The standard InChI is InChI=1S/C24H20N4O4S/c29-22(21-17-7-2-4-10-20(17)33-26-21)25-18-8-3-1-6-16(18)23(30)27-11-13-28(14-12-27)24(31)19-9-5-15-32-19/h1-10,15H,11-14H2,(H,25,29). The molecule has 4 aromatic rings. The third-order valence-electron chi connectivity index (χ3n) is 5.58. The van der Waals surface area contributed by atoms with Gasteiger partial charge < -0.3 is 19.5 Å². The Bertz CT molecular complexity index is 1320. The Morgan fingerprint density at radius 1 is 0.848 bits per heavy atom. The van der Waals surface area contributed by atoms with Gasteiger partial charge in [-0.2, -0.15) is 4.37 Å². The first-order chi connectivity index (χ1) is 16.1. The number of nitrogens with one attached hydrogen (secondary N) is 1. The van der Waals surface area contributed by atoms with Gasteiger partial charge in [0, 0.05) is 31.6 Å². The highest BCUT2D eigenvalue weighted by Gasteiger charge is 2.28. The van der Waals surface area contributed by atoms with Crippen molar-refractivity contribution in [1.29, 1.82) is 0 Å². The molecule has 0 unspecified atom stereocenters. The molecule has 2 aromatic heterocycles.